The van der Waals surface area contributed by atoms with Gasteiger partial charge >= 0.3 is 0 Å². The second kappa shape index (κ2) is 5.31. The monoisotopic (exact) mass is 251 g/mol. The molecule has 0 spiro atoms. The fourth-order valence-corrected chi connectivity index (χ4v) is 2.65. The normalized spacial score (nSPS) is 19.7. The van der Waals surface area contributed by atoms with Crippen LogP contribution in [0.4, 0.5) is 5.82 Å². The highest BCUT2D eigenvalue weighted by atomic mass is 16.5. The van der Waals surface area contributed by atoms with Crippen LogP contribution in [-0.2, 0) is 17.6 Å². The summed E-state index contributed by atoms with van der Waals surface area (Å²) in [7, 11) is 1.72. The van der Waals surface area contributed by atoms with Crippen molar-refractivity contribution in [3.05, 3.63) is 11.3 Å². The number of nitrogens with zero attached hydrogens (tertiary/aromatic N) is 1. The predicted molar refractivity (Wildman–Crippen MR) is 73.9 cm³/mol. The molecule has 1 aliphatic carbocycles. The van der Waals surface area contributed by atoms with Crippen LogP contribution in [0.15, 0.2) is 0 Å². The molecule has 1 heterocycles. The zero-order valence-corrected chi connectivity index (χ0v) is 12.0. The van der Waals surface area contributed by atoms with Crippen LogP contribution < -0.4 is 5.32 Å². The van der Waals surface area contributed by atoms with Crippen molar-refractivity contribution >= 4 is 5.82 Å². The first kappa shape index (κ1) is 13.4. The van der Waals surface area contributed by atoms with Gasteiger partial charge in [0.1, 0.15) is 0 Å². The molecule has 4 nitrogen and oxygen atoms in total. The molecule has 0 saturated carbocycles. The molecule has 0 saturated heterocycles. The van der Waals surface area contributed by atoms with Gasteiger partial charge in [0.2, 0.25) is 0 Å². The number of hydrogen-bond donors (Lipinski definition) is 2. The maximum absolute atomic E-state index is 5.06. The second-order valence-corrected chi connectivity index (χ2v) is 6.25. The first-order chi connectivity index (χ1) is 8.52. The molecule has 1 atom stereocenters. The average molecular weight is 251 g/mol. The molecule has 1 aromatic heterocycles. The third kappa shape index (κ3) is 2.86. The van der Waals surface area contributed by atoms with Crippen LogP contribution in [0.5, 0.6) is 0 Å². The van der Waals surface area contributed by atoms with E-state index in [9.17, 15) is 0 Å². The van der Waals surface area contributed by atoms with Crippen molar-refractivity contribution in [3.8, 4) is 0 Å². The third-order valence-corrected chi connectivity index (χ3v) is 3.97. The minimum Gasteiger partial charge on any atom is -0.383 e. The van der Waals surface area contributed by atoms with Crippen LogP contribution in [-0.4, -0.2) is 30.5 Å². The lowest BCUT2D eigenvalue weighted by Crippen LogP contribution is -2.27. The number of aromatic amines is 1. The van der Waals surface area contributed by atoms with E-state index >= 15 is 0 Å². The third-order valence-electron chi connectivity index (χ3n) is 3.97. The Morgan fingerprint density at radius 2 is 2.22 bits per heavy atom. The van der Waals surface area contributed by atoms with Gasteiger partial charge in [0, 0.05) is 24.9 Å². The maximum Gasteiger partial charge on any atom is 0.151 e. The summed E-state index contributed by atoms with van der Waals surface area (Å²) >= 11 is 0. The summed E-state index contributed by atoms with van der Waals surface area (Å²) in [6.45, 7) is 8.53. The van der Waals surface area contributed by atoms with Crippen molar-refractivity contribution in [2.45, 2.75) is 40.0 Å². The van der Waals surface area contributed by atoms with Gasteiger partial charge in [0.15, 0.2) is 5.82 Å². The Balaban J connectivity index is 2.07. The highest BCUT2D eigenvalue weighted by molar-refractivity contribution is 5.48. The van der Waals surface area contributed by atoms with E-state index in [1.54, 1.807) is 7.11 Å². The van der Waals surface area contributed by atoms with E-state index in [1.807, 2.05) is 0 Å². The van der Waals surface area contributed by atoms with Crippen molar-refractivity contribution < 1.29 is 4.74 Å². The molecule has 0 fully saturated rings. The molecule has 4 heteroatoms. The van der Waals surface area contributed by atoms with Crippen LogP contribution in [0.2, 0.25) is 0 Å². The van der Waals surface area contributed by atoms with E-state index in [2.05, 4.69) is 36.3 Å². The van der Waals surface area contributed by atoms with Gasteiger partial charge in [-0.2, -0.15) is 5.10 Å². The van der Waals surface area contributed by atoms with E-state index in [1.165, 1.54) is 17.7 Å². The van der Waals surface area contributed by atoms with Crippen LogP contribution in [0.25, 0.3) is 0 Å². The molecule has 0 aromatic carbocycles. The molecule has 102 valence electrons. The van der Waals surface area contributed by atoms with Crippen molar-refractivity contribution in [2.75, 3.05) is 25.6 Å². The molecule has 1 unspecified atom stereocenters. The van der Waals surface area contributed by atoms with E-state index in [-0.39, 0.29) is 0 Å². The molecule has 1 aliphatic rings. The van der Waals surface area contributed by atoms with Gasteiger partial charge < -0.3 is 10.1 Å². The Labute approximate surface area is 110 Å². The molecule has 1 aromatic rings. The first-order valence-corrected chi connectivity index (χ1v) is 6.81. The van der Waals surface area contributed by atoms with Gasteiger partial charge in [-0.25, -0.2) is 0 Å². The lowest BCUT2D eigenvalue weighted by molar-refractivity contribution is 0.210. The smallest absolute Gasteiger partial charge is 0.151 e. The fourth-order valence-electron chi connectivity index (χ4n) is 2.65. The summed E-state index contributed by atoms with van der Waals surface area (Å²) in [5.41, 5.74) is 3.08. The van der Waals surface area contributed by atoms with Crippen LogP contribution in [0, 0.1) is 11.3 Å². The Kier molecular flexibility index (Phi) is 3.95. The largest absolute Gasteiger partial charge is 0.383 e. The summed E-state index contributed by atoms with van der Waals surface area (Å²) in [6, 6.07) is 0. The molecular formula is C14H25N3O. The van der Waals surface area contributed by atoms with Crippen molar-refractivity contribution in [1.82, 2.24) is 10.2 Å². The quantitative estimate of drug-likeness (QED) is 0.809. The number of anilines is 1. The molecule has 0 aliphatic heterocycles. The average Bonchev–Trinajstić information content (AvgIpc) is 2.71. The number of ether oxygens (including phenoxy) is 1. The van der Waals surface area contributed by atoms with Gasteiger partial charge in [0.05, 0.1) is 6.61 Å². The second-order valence-electron chi connectivity index (χ2n) is 6.25. The Bertz CT molecular complexity index is 392. The van der Waals surface area contributed by atoms with E-state index in [0.717, 1.165) is 31.1 Å². The summed E-state index contributed by atoms with van der Waals surface area (Å²) in [5.74, 6) is 1.77. The van der Waals surface area contributed by atoms with E-state index in [0.29, 0.717) is 12.0 Å². The van der Waals surface area contributed by atoms with Crippen LogP contribution >= 0.6 is 0 Å². The summed E-state index contributed by atoms with van der Waals surface area (Å²) < 4.78 is 5.06. The number of methoxy groups -OCH3 is 1. The maximum atomic E-state index is 5.06. The van der Waals surface area contributed by atoms with Gasteiger partial charge in [0.25, 0.3) is 0 Å². The van der Waals surface area contributed by atoms with Gasteiger partial charge in [-0.15, -0.1) is 0 Å². The Morgan fingerprint density at radius 1 is 1.44 bits per heavy atom. The minimum atomic E-state index is 0.374. The summed E-state index contributed by atoms with van der Waals surface area (Å²) in [5, 5.41) is 10.9. The summed E-state index contributed by atoms with van der Waals surface area (Å²) in [6.07, 6.45) is 3.51. The Hall–Kier alpha value is -1.03. The number of H-pyrrole nitrogens is 1. The minimum absolute atomic E-state index is 0.374. The molecule has 0 bridgehead atoms. The van der Waals surface area contributed by atoms with Crippen LogP contribution in [0.1, 0.15) is 38.4 Å². The number of nitrogens with one attached hydrogen (secondary N) is 2. The number of hydrogen-bond acceptors (Lipinski definition) is 3. The summed E-state index contributed by atoms with van der Waals surface area (Å²) in [4.78, 5) is 0. The molecular weight excluding hydrogens is 226 g/mol. The Morgan fingerprint density at radius 3 is 2.89 bits per heavy atom. The SMILES string of the molecule is COCCNc1n[nH]c2c1CC(C(C)(C)C)CC2. The molecule has 2 N–H and O–H groups in total. The first-order valence-electron chi connectivity index (χ1n) is 6.81. The van der Waals surface area contributed by atoms with E-state index < -0.39 is 0 Å². The molecule has 18 heavy (non-hydrogen) atoms. The highest BCUT2D eigenvalue weighted by Crippen LogP contribution is 2.38. The lowest BCUT2D eigenvalue weighted by atomic mass is 9.72. The standard InChI is InChI=1S/C14H25N3O/c1-14(2,3)10-5-6-12-11(9-10)13(17-16-12)15-7-8-18-4/h10H,5-9H2,1-4H3,(H2,15,16,17). The zero-order chi connectivity index (χ0) is 13.2. The highest BCUT2D eigenvalue weighted by Gasteiger charge is 2.31. The van der Waals surface area contributed by atoms with Gasteiger partial charge in [-0.3, -0.25) is 5.10 Å². The number of aryl methyl sites for hydroxylation is 1. The van der Waals surface area contributed by atoms with Crippen molar-refractivity contribution in [3.63, 3.8) is 0 Å². The van der Waals surface area contributed by atoms with Crippen molar-refractivity contribution in [1.29, 1.82) is 0 Å². The number of aromatic nitrogens is 2. The molecule has 0 amide bonds. The molecule has 2 rings (SSSR count). The van der Waals surface area contributed by atoms with Crippen molar-refractivity contribution in [2.24, 2.45) is 11.3 Å². The number of rotatable bonds is 4. The lowest BCUT2D eigenvalue weighted by Gasteiger charge is -2.33. The van der Waals surface area contributed by atoms with Gasteiger partial charge in [-0.1, -0.05) is 20.8 Å². The van der Waals surface area contributed by atoms with E-state index in [4.69, 9.17) is 4.74 Å². The number of fused-ring (bicyclic) bond motifs is 1. The fraction of sp³-hybridized carbons (Fsp3) is 0.786. The topological polar surface area (TPSA) is 49.9 Å². The zero-order valence-electron chi connectivity index (χ0n) is 12.0. The predicted octanol–water partition coefficient (Wildman–Crippen LogP) is 2.62. The van der Waals surface area contributed by atoms with Gasteiger partial charge in [-0.05, 0) is 30.6 Å². The molecule has 0 radical (unpaired) electrons. The van der Waals surface area contributed by atoms with Crippen LogP contribution in [0.3, 0.4) is 0 Å².